The first-order valence-corrected chi connectivity index (χ1v) is 7.79. The molecule has 0 heterocycles. The van der Waals surface area contributed by atoms with Gasteiger partial charge in [-0.25, -0.2) is 17.2 Å². The number of carbonyl (C=O) groups is 1. The standard InChI is InChI=1S/C14H9ClF2O3S/c15-9-1-4-11(5-2-9)21(19,20)8-14(18)12-7-10(16)3-6-13(12)17/h1-7H,8H2. The van der Waals surface area contributed by atoms with Gasteiger partial charge in [0.1, 0.15) is 17.4 Å². The minimum Gasteiger partial charge on any atom is -0.293 e. The number of sulfone groups is 1. The van der Waals surface area contributed by atoms with E-state index in [0.29, 0.717) is 11.1 Å². The van der Waals surface area contributed by atoms with Gasteiger partial charge < -0.3 is 0 Å². The molecular formula is C14H9ClF2O3S. The lowest BCUT2D eigenvalue weighted by molar-refractivity contribution is 0.101. The molecule has 0 saturated carbocycles. The van der Waals surface area contributed by atoms with Crippen molar-refractivity contribution in [1.29, 1.82) is 0 Å². The van der Waals surface area contributed by atoms with Crippen LogP contribution in [0.25, 0.3) is 0 Å². The Labute approximate surface area is 125 Å². The van der Waals surface area contributed by atoms with Crippen LogP contribution in [0.2, 0.25) is 5.02 Å². The van der Waals surface area contributed by atoms with Crippen molar-refractivity contribution in [2.24, 2.45) is 0 Å². The molecule has 0 unspecified atom stereocenters. The number of halogens is 3. The number of ketones is 1. The molecule has 0 aliphatic rings. The van der Waals surface area contributed by atoms with E-state index < -0.39 is 38.6 Å². The molecule has 0 N–H and O–H groups in total. The minimum absolute atomic E-state index is 0.114. The molecule has 0 saturated heterocycles. The fourth-order valence-corrected chi connectivity index (χ4v) is 3.03. The number of carbonyl (C=O) groups excluding carboxylic acids is 1. The quantitative estimate of drug-likeness (QED) is 0.808. The summed E-state index contributed by atoms with van der Waals surface area (Å²) in [6.07, 6.45) is 0. The van der Waals surface area contributed by atoms with Crippen LogP contribution in [-0.2, 0) is 9.84 Å². The maximum atomic E-state index is 13.5. The first-order valence-electron chi connectivity index (χ1n) is 5.76. The normalized spacial score (nSPS) is 11.4. The number of hydrogen-bond donors (Lipinski definition) is 0. The Balaban J connectivity index is 2.30. The molecule has 0 aromatic heterocycles. The van der Waals surface area contributed by atoms with Gasteiger partial charge in [0.2, 0.25) is 0 Å². The average Bonchev–Trinajstić information content (AvgIpc) is 2.41. The van der Waals surface area contributed by atoms with E-state index in [9.17, 15) is 22.0 Å². The van der Waals surface area contributed by atoms with Crippen LogP contribution in [0.4, 0.5) is 8.78 Å². The third kappa shape index (κ3) is 3.65. The van der Waals surface area contributed by atoms with Gasteiger partial charge in [-0.1, -0.05) is 11.6 Å². The molecule has 2 aromatic carbocycles. The molecular weight excluding hydrogens is 322 g/mol. The molecule has 2 rings (SSSR count). The predicted molar refractivity (Wildman–Crippen MR) is 74.2 cm³/mol. The molecule has 0 amide bonds. The highest BCUT2D eigenvalue weighted by atomic mass is 35.5. The topological polar surface area (TPSA) is 51.2 Å². The van der Waals surface area contributed by atoms with Crippen molar-refractivity contribution >= 4 is 27.2 Å². The Morgan fingerprint density at radius 1 is 1.05 bits per heavy atom. The first-order chi connectivity index (χ1) is 9.79. The van der Waals surface area contributed by atoms with Crippen LogP contribution in [0.3, 0.4) is 0 Å². The SMILES string of the molecule is O=C(CS(=O)(=O)c1ccc(Cl)cc1)c1cc(F)ccc1F. The van der Waals surface area contributed by atoms with Gasteiger partial charge in [-0.3, -0.25) is 4.79 Å². The largest absolute Gasteiger partial charge is 0.293 e. The molecule has 7 heteroatoms. The lowest BCUT2D eigenvalue weighted by Gasteiger charge is -2.05. The zero-order chi connectivity index (χ0) is 15.6. The van der Waals surface area contributed by atoms with Crippen molar-refractivity contribution in [1.82, 2.24) is 0 Å². The molecule has 0 atom stereocenters. The monoisotopic (exact) mass is 330 g/mol. The summed E-state index contributed by atoms with van der Waals surface area (Å²) in [4.78, 5) is 11.7. The summed E-state index contributed by atoms with van der Waals surface area (Å²) in [6.45, 7) is 0. The average molecular weight is 331 g/mol. The first kappa shape index (κ1) is 15.6. The van der Waals surface area contributed by atoms with Gasteiger partial charge in [0, 0.05) is 5.02 Å². The molecule has 110 valence electrons. The Morgan fingerprint density at radius 3 is 2.29 bits per heavy atom. The molecule has 0 aliphatic heterocycles. The molecule has 2 aromatic rings. The molecule has 0 fully saturated rings. The van der Waals surface area contributed by atoms with Crippen LogP contribution in [0.15, 0.2) is 47.4 Å². The van der Waals surface area contributed by atoms with Gasteiger partial charge in [0.15, 0.2) is 15.6 Å². The Kier molecular flexibility index (Phi) is 4.39. The Bertz CT molecular complexity index is 786. The lowest BCUT2D eigenvalue weighted by Crippen LogP contribution is -2.17. The minimum atomic E-state index is -3.95. The van der Waals surface area contributed by atoms with Crippen LogP contribution >= 0.6 is 11.6 Å². The summed E-state index contributed by atoms with van der Waals surface area (Å²) >= 11 is 5.65. The van der Waals surface area contributed by atoms with E-state index in [1.54, 1.807) is 0 Å². The maximum Gasteiger partial charge on any atom is 0.185 e. The maximum absolute atomic E-state index is 13.5. The summed E-state index contributed by atoms with van der Waals surface area (Å²) < 4.78 is 50.6. The zero-order valence-electron chi connectivity index (χ0n) is 10.5. The van der Waals surface area contributed by atoms with Gasteiger partial charge in [0.25, 0.3) is 0 Å². The third-order valence-corrected chi connectivity index (χ3v) is 4.61. The summed E-state index contributed by atoms with van der Waals surface area (Å²) in [5.41, 5.74) is -0.590. The van der Waals surface area contributed by atoms with Crippen molar-refractivity contribution in [2.45, 2.75) is 4.90 Å². The van der Waals surface area contributed by atoms with E-state index in [2.05, 4.69) is 0 Å². The second kappa shape index (κ2) is 5.91. The van der Waals surface area contributed by atoms with Crippen LogP contribution < -0.4 is 0 Å². The second-order valence-electron chi connectivity index (χ2n) is 4.26. The fourth-order valence-electron chi connectivity index (χ4n) is 1.69. The highest BCUT2D eigenvalue weighted by Crippen LogP contribution is 2.18. The van der Waals surface area contributed by atoms with Crippen LogP contribution in [0.1, 0.15) is 10.4 Å². The molecule has 3 nitrogen and oxygen atoms in total. The van der Waals surface area contributed by atoms with Crippen LogP contribution in [-0.4, -0.2) is 20.0 Å². The predicted octanol–water partition coefficient (Wildman–Crippen LogP) is 3.27. The van der Waals surface area contributed by atoms with Crippen molar-refractivity contribution in [3.05, 3.63) is 64.7 Å². The number of benzene rings is 2. The Hall–Kier alpha value is -1.79. The van der Waals surface area contributed by atoms with E-state index in [-0.39, 0.29) is 4.90 Å². The van der Waals surface area contributed by atoms with Crippen molar-refractivity contribution in [2.75, 3.05) is 5.75 Å². The van der Waals surface area contributed by atoms with E-state index in [4.69, 9.17) is 11.6 Å². The van der Waals surface area contributed by atoms with E-state index in [1.807, 2.05) is 0 Å². The second-order valence-corrected chi connectivity index (χ2v) is 6.69. The van der Waals surface area contributed by atoms with Gasteiger partial charge in [-0.05, 0) is 42.5 Å². The van der Waals surface area contributed by atoms with Gasteiger partial charge >= 0.3 is 0 Å². The number of rotatable bonds is 4. The van der Waals surface area contributed by atoms with Gasteiger partial charge in [-0.15, -0.1) is 0 Å². The number of hydrogen-bond acceptors (Lipinski definition) is 3. The van der Waals surface area contributed by atoms with E-state index in [0.717, 1.165) is 12.1 Å². The Morgan fingerprint density at radius 2 is 1.67 bits per heavy atom. The molecule has 0 aliphatic carbocycles. The smallest absolute Gasteiger partial charge is 0.185 e. The van der Waals surface area contributed by atoms with E-state index in [1.165, 1.54) is 24.3 Å². The summed E-state index contributed by atoms with van der Waals surface area (Å²) in [7, 11) is -3.95. The fraction of sp³-hybridized carbons (Fsp3) is 0.0714. The number of Topliss-reactive ketones (excluding diaryl/α,β-unsaturated/α-hetero) is 1. The summed E-state index contributed by atoms with van der Waals surface area (Å²) in [6, 6.07) is 7.51. The molecule has 0 radical (unpaired) electrons. The van der Waals surface area contributed by atoms with Crippen LogP contribution in [0.5, 0.6) is 0 Å². The van der Waals surface area contributed by atoms with E-state index >= 15 is 0 Å². The van der Waals surface area contributed by atoms with Crippen LogP contribution in [0, 0.1) is 11.6 Å². The summed E-state index contributed by atoms with van der Waals surface area (Å²) in [5, 5.41) is 0.344. The zero-order valence-corrected chi connectivity index (χ0v) is 12.1. The molecule has 0 spiro atoms. The third-order valence-electron chi connectivity index (χ3n) is 2.72. The lowest BCUT2D eigenvalue weighted by atomic mass is 10.1. The van der Waals surface area contributed by atoms with Gasteiger partial charge in [-0.2, -0.15) is 0 Å². The van der Waals surface area contributed by atoms with Crippen molar-refractivity contribution in [3.63, 3.8) is 0 Å². The van der Waals surface area contributed by atoms with Crippen molar-refractivity contribution < 1.29 is 22.0 Å². The molecule has 21 heavy (non-hydrogen) atoms. The van der Waals surface area contributed by atoms with Crippen molar-refractivity contribution in [3.8, 4) is 0 Å². The summed E-state index contributed by atoms with van der Waals surface area (Å²) in [5.74, 6) is -3.74. The highest BCUT2D eigenvalue weighted by molar-refractivity contribution is 7.92. The highest BCUT2D eigenvalue weighted by Gasteiger charge is 2.22. The van der Waals surface area contributed by atoms with Gasteiger partial charge in [0.05, 0.1) is 10.5 Å². The molecule has 0 bridgehead atoms.